The van der Waals surface area contributed by atoms with Gasteiger partial charge in [0.2, 0.25) is 0 Å². The molecule has 0 unspecified atom stereocenters. The van der Waals surface area contributed by atoms with Gasteiger partial charge < -0.3 is 0 Å². The number of aromatic nitrogens is 1. The fourth-order valence-corrected chi connectivity index (χ4v) is 1.48. The molecule has 14 heavy (non-hydrogen) atoms. The van der Waals surface area contributed by atoms with Gasteiger partial charge in [-0.05, 0) is 23.0 Å². The lowest BCUT2D eigenvalue weighted by atomic mass is 9.68. The van der Waals surface area contributed by atoms with Crippen LogP contribution in [0.4, 0.5) is 0 Å². The topological polar surface area (TPSA) is 12.9 Å². The summed E-state index contributed by atoms with van der Waals surface area (Å²) in [6.07, 6.45) is 1.97. The van der Waals surface area contributed by atoms with Crippen molar-refractivity contribution in [2.45, 2.75) is 19.2 Å². The molecule has 0 aliphatic carbocycles. The van der Waals surface area contributed by atoms with Gasteiger partial charge in [-0.3, -0.25) is 4.98 Å². The molecule has 0 aliphatic rings. The second-order valence-electron chi connectivity index (χ2n) is 4.67. The second kappa shape index (κ2) is 3.12. The fourth-order valence-electron chi connectivity index (χ4n) is 1.48. The smallest absolute Gasteiger partial charge is 0.114 e. The highest BCUT2D eigenvalue weighted by Gasteiger charge is 2.14. The van der Waals surface area contributed by atoms with E-state index in [0.29, 0.717) is 0 Å². The largest absolute Gasteiger partial charge is 0.256 e. The number of benzene rings is 1. The Labute approximate surface area is 85.6 Å². The third kappa shape index (κ3) is 1.65. The van der Waals surface area contributed by atoms with Crippen LogP contribution in [0.2, 0.25) is 0 Å². The lowest BCUT2D eigenvalue weighted by Crippen LogP contribution is -2.16. The van der Waals surface area contributed by atoms with Gasteiger partial charge in [0, 0.05) is 11.6 Å². The Hall–Kier alpha value is -1.31. The van der Waals surface area contributed by atoms with Crippen LogP contribution in [-0.2, 0) is 5.31 Å². The number of pyridine rings is 1. The van der Waals surface area contributed by atoms with Gasteiger partial charge in [-0.2, -0.15) is 0 Å². The van der Waals surface area contributed by atoms with Gasteiger partial charge >= 0.3 is 0 Å². The monoisotopic (exact) mass is 183 g/mol. The predicted molar refractivity (Wildman–Crippen MR) is 63.3 cm³/mol. The van der Waals surface area contributed by atoms with Crippen LogP contribution in [0.5, 0.6) is 0 Å². The number of fused-ring (bicyclic) bond motifs is 1. The van der Waals surface area contributed by atoms with E-state index in [1.165, 1.54) is 10.9 Å². The van der Waals surface area contributed by atoms with Crippen molar-refractivity contribution in [1.82, 2.24) is 4.98 Å². The molecular formula is C12H14BN. The molecule has 2 rings (SSSR count). The first-order valence-corrected chi connectivity index (χ1v) is 4.93. The van der Waals surface area contributed by atoms with E-state index in [1.807, 2.05) is 18.3 Å². The Balaban J connectivity index is 2.63. The van der Waals surface area contributed by atoms with Crippen LogP contribution >= 0.6 is 0 Å². The van der Waals surface area contributed by atoms with Crippen LogP contribution in [0, 0.1) is 0 Å². The standard InChI is InChI=1S/C12H14BN/c1-12(2,13)10-7-9-5-3-4-6-11(9)14-8-10/h3-8H,13H2,1-2H3. The van der Waals surface area contributed by atoms with E-state index >= 15 is 0 Å². The molecule has 2 aromatic rings. The first-order chi connectivity index (χ1) is 6.57. The minimum absolute atomic E-state index is 0.178. The van der Waals surface area contributed by atoms with Gasteiger partial charge in [0.05, 0.1) is 5.52 Å². The summed E-state index contributed by atoms with van der Waals surface area (Å²) in [6, 6.07) is 10.4. The van der Waals surface area contributed by atoms with E-state index < -0.39 is 0 Å². The molecule has 0 N–H and O–H groups in total. The summed E-state index contributed by atoms with van der Waals surface area (Å²) >= 11 is 0. The average Bonchev–Trinajstić information content (AvgIpc) is 2.16. The van der Waals surface area contributed by atoms with Crippen molar-refractivity contribution >= 4 is 18.7 Å². The molecule has 0 atom stereocenters. The van der Waals surface area contributed by atoms with Crippen molar-refractivity contribution in [3.05, 3.63) is 42.1 Å². The zero-order chi connectivity index (χ0) is 10.2. The fraction of sp³-hybridized carbons (Fsp3) is 0.250. The van der Waals surface area contributed by atoms with Crippen molar-refractivity contribution < 1.29 is 0 Å². The minimum atomic E-state index is 0.178. The van der Waals surface area contributed by atoms with Crippen LogP contribution in [0.15, 0.2) is 36.5 Å². The molecule has 0 saturated carbocycles. The molecule has 1 aromatic carbocycles. The van der Waals surface area contributed by atoms with E-state index in [2.05, 4.69) is 44.9 Å². The first kappa shape index (κ1) is 9.26. The maximum absolute atomic E-state index is 4.45. The van der Waals surface area contributed by atoms with Crippen molar-refractivity contribution in [2.24, 2.45) is 0 Å². The molecule has 70 valence electrons. The van der Waals surface area contributed by atoms with Gasteiger partial charge in [0.15, 0.2) is 0 Å². The Morgan fingerprint density at radius 2 is 1.93 bits per heavy atom. The van der Waals surface area contributed by atoms with Crippen LogP contribution in [0.25, 0.3) is 10.9 Å². The zero-order valence-electron chi connectivity index (χ0n) is 8.91. The summed E-state index contributed by atoms with van der Waals surface area (Å²) in [5, 5.41) is 1.40. The van der Waals surface area contributed by atoms with Crippen LogP contribution in [0.3, 0.4) is 0 Å². The number of hydrogen-bond donors (Lipinski definition) is 0. The van der Waals surface area contributed by atoms with Crippen molar-refractivity contribution in [3.8, 4) is 0 Å². The molecule has 0 spiro atoms. The first-order valence-electron chi connectivity index (χ1n) is 4.93. The lowest BCUT2D eigenvalue weighted by Gasteiger charge is -2.18. The summed E-state index contributed by atoms with van der Waals surface area (Å²) in [5.41, 5.74) is 2.36. The summed E-state index contributed by atoms with van der Waals surface area (Å²) < 4.78 is 0. The van der Waals surface area contributed by atoms with Crippen LogP contribution in [0.1, 0.15) is 19.4 Å². The van der Waals surface area contributed by atoms with Gasteiger partial charge in [-0.15, -0.1) is 0 Å². The predicted octanol–water partition coefficient (Wildman–Crippen LogP) is 2.10. The van der Waals surface area contributed by atoms with E-state index in [0.717, 1.165) is 5.52 Å². The van der Waals surface area contributed by atoms with E-state index in [4.69, 9.17) is 0 Å². The summed E-state index contributed by atoms with van der Waals surface area (Å²) in [4.78, 5) is 4.45. The number of nitrogens with zero attached hydrogens (tertiary/aromatic N) is 1. The van der Waals surface area contributed by atoms with Crippen molar-refractivity contribution in [2.75, 3.05) is 0 Å². The third-order valence-corrected chi connectivity index (χ3v) is 2.46. The lowest BCUT2D eigenvalue weighted by molar-refractivity contribution is 0.761. The number of para-hydroxylation sites is 1. The summed E-state index contributed by atoms with van der Waals surface area (Å²) in [5.74, 6) is 0. The molecule has 0 bridgehead atoms. The average molecular weight is 183 g/mol. The Kier molecular flexibility index (Phi) is 2.07. The maximum Gasteiger partial charge on any atom is 0.114 e. The van der Waals surface area contributed by atoms with E-state index in [9.17, 15) is 0 Å². The molecule has 0 aliphatic heterocycles. The Morgan fingerprint density at radius 1 is 1.21 bits per heavy atom. The summed E-state index contributed by atoms with van der Waals surface area (Å²) in [6.45, 7) is 4.41. The van der Waals surface area contributed by atoms with Crippen LogP contribution < -0.4 is 0 Å². The third-order valence-electron chi connectivity index (χ3n) is 2.46. The molecule has 1 nitrogen and oxygen atoms in total. The zero-order valence-corrected chi connectivity index (χ0v) is 8.91. The SMILES string of the molecule is BC(C)(C)c1cnc2ccccc2c1. The van der Waals surface area contributed by atoms with Gasteiger partial charge in [0.25, 0.3) is 0 Å². The number of rotatable bonds is 1. The van der Waals surface area contributed by atoms with E-state index in [-0.39, 0.29) is 5.31 Å². The van der Waals surface area contributed by atoms with Crippen LogP contribution in [-0.4, -0.2) is 12.8 Å². The molecule has 0 amide bonds. The van der Waals surface area contributed by atoms with Gasteiger partial charge in [-0.25, -0.2) is 0 Å². The molecule has 0 saturated heterocycles. The molecule has 1 heterocycles. The highest BCUT2D eigenvalue weighted by molar-refractivity contribution is 6.15. The molecule has 0 fully saturated rings. The molecule has 2 heteroatoms. The molecule has 0 radical (unpaired) electrons. The molecular weight excluding hydrogens is 169 g/mol. The van der Waals surface area contributed by atoms with Gasteiger partial charge in [0.1, 0.15) is 7.85 Å². The Bertz CT molecular complexity index is 457. The maximum atomic E-state index is 4.45. The Morgan fingerprint density at radius 3 is 2.64 bits per heavy atom. The minimum Gasteiger partial charge on any atom is -0.256 e. The van der Waals surface area contributed by atoms with Crippen molar-refractivity contribution in [3.63, 3.8) is 0 Å². The van der Waals surface area contributed by atoms with Gasteiger partial charge in [-0.1, -0.05) is 32.0 Å². The quantitative estimate of drug-likeness (QED) is 0.617. The van der Waals surface area contributed by atoms with E-state index in [1.54, 1.807) is 0 Å². The van der Waals surface area contributed by atoms with Crippen molar-refractivity contribution in [1.29, 1.82) is 0 Å². The highest BCUT2D eigenvalue weighted by atomic mass is 14.7. The number of hydrogen-bond acceptors (Lipinski definition) is 1. The summed E-state index contributed by atoms with van der Waals surface area (Å²) in [7, 11) is 2.21. The highest BCUT2D eigenvalue weighted by Crippen LogP contribution is 2.21. The molecule has 1 aromatic heterocycles. The normalized spacial score (nSPS) is 11.9. The second-order valence-corrected chi connectivity index (χ2v) is 4.67.